The fraction of sp³-hybridized carbons (Fsp3) is 0.0909. The van der Waals surface area contributed by atoms with Crippen LogP contribution in [0.15, 0.2) is 27.5 Å². The Kier molecular flexibility index (Phi) is 3.58. The summed E-state index contributed by atoms with van der Waals surface area (Å²) in [5.41, 5.74) is 0.102. The van der Waals surface area contributed by atoms with Crippen molar-refractivity contribution < 1.29 is 9.84 Å². The number of rotatable bonds is 2. The lowest BCUT2D eigenvalue weighted by atomic mass is 10.2. The van der Waals surface area contributed by atoms with Crippen molar-refractivity contribution in [2.75, 3.05) is 7.11 Å². The van der Waals surface area contributed by atoms with E-state index in [9.17, 15) is 9.90 Å². The van der Waals surface area contributed by atoms with E-state index in [4.69, 9.17) is 16.3 Å². The highest BCUT2D eigenvalue weighted by Gasteiger charge is 2.10. The van der Waals surface area contributed by atoms with Crippen LogP contribution < -0.4 is 10.3 Å². The van der Waals surface area contributed by atoms with Crippen LogP contribution in [0.5, 0.6) is 11.6 Å². The van der Waals surface area contributed by atoms with Crippen molar-refractivity contribution in [2.45, 2.75) is 0 Å². The second-order valence-corrected chi connectivity index (χ2v) is 4.60. The average Bonchev–Trinajstić information content (AvgIpc) is 2.35. The molecule has 0 atom stereocenters. The lowest BCUT2D eigenvalue weighted by Gasteiger charge is -2.06. The van der Waals surface area contributed by atoms with Gasteiger partial charge in [0, 0.05) is 5.56 Å². The van der Waals surface area contributed by atoms with Crippen LogP contribution in [0.2, 0.25) is 5.02 Å². The number of aromatic hydroxyl groups is 1. The SMILES string of the molecule is COc1ccc(-c2nc(O)c(Br)c(=O)[nH]2)cc1Cl. The second kappa shape index (κ2) is 4.99. The zero-order valence-electron chi connectivity index (χ0n) is 9.20. The monoisotopic (exact) mass is 330 g/mol. The number of benzene rings is 1. The van der Waals surface area contributed by atoms with Gasteiger partial charge in [0.15, 0.2) is 0 Å². The maximum absolute atomic E-state index is 11.5. The Morgan fingerprint density at radius 1 is 1.50 bits per heavy atom. The van der Waals surface area contributed by atoms with Crippen molar-refractivity contribution >= 4 is 27.5 Å². The fourth-order valence-corrected chi connectivity index (χ4v) is 1.84. The molecule has 0 saturated carbocycles. The molecule has 94 valence electrons. The topological polar surface area (TPSA) is 75.2 Å². The van der Waals surface area contributed by atoms with Gasteiger partial charge in [-0.1, -0.05) is 11.6 Å². The van der Waals surface area contributed by atoms with Crippen molar-refractivity contribution in [3.05, 3.63) is 38.0 Å². The Hall–Kier alpha value is -1.53. The van der Waals surface area contributed by atoms with E-state index >= 15 is 0 Å². The van der Waals surface area contributed by atoms with Crippen molar-refractivity contribution in [3.63, 3.8) is 0 Å². The zero-order valence-corrected chi connectivity index (χ0v) is 11.5. The van der Waals surface area contributed by atoms with Crippen LogP contribution in [0.1, 0.15) is 0 Å². The summed E-state index contributed by atoms with van der Waals surface area (Å²) in [6, 6.07) is 4.92. The molecule has 7 heteroatoms. The van der Waals surface area contributed by atoms with Crippen LogP contribution in [-0.4, -0.2) is 22.2 Å². The molecule has 0 aliphatic rings. The van der Waals surface area contributed by atoms with E-state index in [0.29, 0.717) is 16.3 Å². The third-order valence-electron chi connectivity index (χ3n) is 2.27. The lowest BCUT2D eigenvalue weighted by molar-refractivity contribution is 0.415. The molecular weight excluding hydrogens is 323 g/mol. The third kappa shape index (κ3) is 2.34. The average molecular weight is 332 g/mol. The number of ether oxygens (including phenoxy) is 1. The van der Waals surface area contributed by atoms with Gasteiger partial charge in [0.1, 0.15) is 16.0 Å². The summed E-state index contributed by atoms with van der Waals surface area (Å²) in [5, 5.41) is 9.87. The van der Waals surface area contributed by atoms with Crippen molar-refractivity contribution in [1.82, 2.24) is 9.97 Å². The molecule has 1 heterocycles. The van der Waals surface area contributed by atoms with Gasteiger partial charge in [-0.2, -0.15) is 4.98 Å². The molecule has 0 radical (unpaired) electrons. The lowest BCUT2D eigenvalue weighted by Crippen LogP contribution is -2.09. The standard InChI is InChI=1S/C11H8BrClN2O3/c1-18-7-3-2-5(4-6(7)13)9-14-10(16)8(12)11(17)15-9/h2-4H,1H3,(H2,14,15,16,17). The first-order chi connectivity index (χ1) is 8.52. The number of nitrogens with one attached hydrogen (secondary N) is 1. The summed E-state index contributed by atoms with van der Waals surface area (Å²) in [5.74, 6) is 0.370. The highest BCUT2D eigenvalue weighted by Crippen LogP contribution is 2.29. The Morgan fingerprint density at radius 2 is 2.22 bits per heavy atom. The molecule has 0 unspecified atom stereocenters. The maximum Gasteiger partial charge on any atom is 0.269 e. The third-order valence-corrected chi connectivity index (χ3v) is 3.28. The summed E-state index contributed by atoms with van der Waals surface area (Å²) >= 11 is 8.89. The van der Waals surface area contributed by atoms with Crippen LogP contribution in [0.4, 0.5) is 0 Å². The normalized spacial score (nSPS) is 10.4. The zero-order chi connectivity index (χ0) is 13.3. The first-order valence-electron chi connectivity index (χ1n) is 4.85. The highest BCUT2D eigenvalue weighted by atomic mass is 79.9. The minimum Gasteiger partial charge on any atom is -0.495 e. The number of hydrogen-bond donors (Lipinski definition) is 2. The Labute approximate surface area is 116 Å². The first-order valence-corrected chi connectivity index (χ1v) is 6.02. The molecule has 2 rings (SSSR count). The van der Waals surface area contributed by atoms with Crippen molar-refractivity contribution in [3.8, 4) is 23.0 Å². The predicted octanol–water partition coefficient (Wildman–Crippen LogP) is 2.57. The van der Waals surface area contributed by atoms with Gasteiger partial charge >= 0.3 is 0 Å². The number of nitrogens with zero attached hydrogens (tertiary/aromatic N) is 1. The number of aromatic amines is 1. The van der Waals surface area contributed by atoms with E-state index in [1.807, 2.05) is 0 Å². The molecular formula is C11H8BrClN2O3. The van der Waals surface area contributed by atoms with E-state index in [1.165, 1.54) is 7.11 Å². The number of methoxy groups -OCH3 is 1. The molecule has 0 fully saturated rings. The minimum atomic E-state index is -0.468. The molecule has 0 saturated heterocycles. The molecule has 1 aromatic heterocycles. The molecule has 2 N–H and O–H groups in total. The summed E-state index contributed by atoms with van der Waals surface area (Å²) in [4.78, 5) is 17.9. The smallest absolute Gasteiger partial charge is 0.269 e. The summed E-state index contributed by atoms with van der Waals surface area (Å²) in [6.07, 6.45) is 0. The molecule has 1 aromatic carbocycles. The van der Waals surface area contributed by atoms with Gasteiger partial charge in [-0.3, -0.25) is 4.79 Å². The second-order valence-electron chi connectivity index (χ2n) is 3.40. The molecule has 5 nitrogen and oxygen atoms in total. The predicted molar refractivity (Wildman–Crippen MR) is 71.2 cm³/mol. The van der Waals surface area contributed by atoms with Crippen molar-refractivity contribution in [1.29, 1.82) is 0 Å². The quantitative estimate of drug-likeness (QED) is 0.887. The van der Waals surface area contributed by atoms with Crippen LogP contribution in [0, 0.1) is 0 Å². The number of halogens is 2. The Morgan fingerprint density at radius 3 is 2.78 bits per heavy atom. The van der Waals surface area contributed by atoms with E-state index in [2.05, 4.69) is 25.9 Å². The highest BCUT2D eigenvalue weighted by molar-refractivity contribution is 9.10. The summed E-state index contributed by atoms with van der Waals surface area (Å²) in [6.45, 7) is 0. The Balaban J connectivity index is 2.56. The van der Waals surface area contributed by atoms with Gasteiger partial charge in [-0.25, -0.2) is 0 Å². The first kappa shape index (κ1) is 12.9. The molecule has 0 aliphatic heterocycles. The van der Waals surface area contributed by atoms with E-state index in [0.717, 1.165) is 0 Å². The molecule has 2 aromatic rings. The van der Waals surface area contributed by atoms with E-state index in [-0.39, 0.29) is 16.2 Å². The van der Waals surface area contributed by atoms with Crippen LogP contribution in [0.25, 0.3) is 11.4 Å². The summed E-state index contributed by atoms with van der Waals surface area (Å²) < 4.78 is 5.01. The molecule has 18 heavy (non-hydrogen) atoms. The fourth-order valence-electron chi connectivity index (χ4n) is 1.40. The number of hydrogen-bond acceptors (Lipinski definition) is 4. The largest absolute Gasteiger partial charge is 0.495 e. The van der Waals surface area contributed by atoms with Crippen LogP contribution in [-0.2, 0) is 0 Å². The van der Waals surface area contributed by atoms with Gasteiger partial charge < -0.3 is 14.8 Å². The van der Waals surface area contributed by atoms with Crippen LogP contribution in [0.3, 0.4) is 0 Å². The minimum absolute atomic E-state index is 0.00846. The van der Waals surface area contributed by atoms with Crippen molar-refractivity contribution in [2.24, 2.45) is 0 Å². The Bertz CT molecular complexity index is 657. The molecule has 0 aliphatic carbocycles. The molecule has 0 spiro atoms. The summed E-state index contributed by atoms with van der Waals surface area (Å²) in [7, 11) is 1.51. The van der Waals surface area contributed by atoms with Crippen LogP contribution >= 0.6 is 27.5 Å². The van der Waals surface area contributed by atoms with E-state index < -0.39 is 5.56 Å². The maximum atomic E-state index is 11.5. The van der Waals surface area contributed by atoms with E-state index in [1.54, 1.807) is 18.2 Å². The van der Waals surface area contributed by atoms with Gasteiger partial charge in [-0.05, 0) is 34.1 Å². The molecule has 0 amide bonds. The molecule has 0 bridgehead atoms. The number of H-pyrrole nitrogens is 1. The van der Waals surface area contributed by atoms with Gasteiger partial charge in [0.2, 0.25) is 5.88 Å². The van der Waals surface area contributed by atoms with Gasteiger partial charge in [-0.15, -0.1) is 0 Å². The van der Waals surface area contributed by atoms with Gasteiger partial charge in [0.05, 0.1) is 12.1 Å². The number of aromatic nitrogens is 2. The van der Waals surface area contributed by atoms with Gasteiger partial charge in [0.25, 0.3) is 5.56 Å².